The number of hydrogen-bond acceptors (Lipinski definition) is 5. The number of rotatable bonds is 8. The van der Waals surface area contributed by atoms with Gasteiger partial charge in [0.05, 0.1) is 5.25 Å². The van der Waals surface area contributed by atoms with Crippen LogP contribution in [0.5, 0.6) is 0 Å². The molecule has 1 aromatic heterocycles. The second-order valence-electron chi connectivity index (χ2n) is 9.10. The van der Waals surface area contributed by atoms with E-state index in [1.54, 1.807) is 6.20 Å². The maximum atomic E-state index is 13.4. The standard InChI is InChI=1S/C24H31N3O5S/c28-21(20(33)15-7-11-32-12-8-15)27-24(9-3-4-10-24)23(31)26-19(22(29)30)13-16-14-25-18-6-2-1-5-17(16)18/h1-2,5-6,14-15,19-20,25,33H,3-4,7-13H2,(H,26,31)(H,27,28)(H,29,30)/t19-,20?/m0/s1. The predicted octanol–water partition coefficient (Wildman–Crippen LogP) is 2.43. The number of amides is 2. The SMILES string of the molecule is O=C(NC1(C(=O)N[C@@H](Cc2c[nH]c3ccccc23)C(=O)O)CCCC1)C(S)C1CCOCC1. The molecule has 4 rings (SSSR count). The molecule has 1 aliphatic heterocycles. The Kier molecular flexibility index (Phi) is 7.29. The van der Waals surface area contributed by atoms with Gasteiger partial charge in [0.1, 0.15) is 11.6 Å². The minimum absolute atomic E-state index is 0.0947. The number of nitrogens with one attached hydrogen (secondary N) is 3. The molecular formula is C24H31N3O5S. The average Bonchev–Trinajstić information content (AvgIpc) is 3.46. The lowest BCUT2D eigenvalue weighted by molar-refractivity contribution is -0.143. The van der Waals surface area contributed by atoms with Gasteiger partial charge in [0.2, 0.25) is 11.8 Å². The molecule has 2 aromatic rings. The summed E-state index contributed by atoms with van der Waals surface area (Å²) >= 11 is 4.55. The molecule has 33 heavy (non-hydrogen) atoms. The van der Waals surface area contributed by atoms with Crippen LogP contribution in [-0.2, 0) is 25.5 Å². The summed E-state index contributed by atoms with van der Waals surface area (Å²) in [5.74, 6) is -1.72. The molecule has 0 spiro atoms. The molecule has 2 fully saturated rings. The molecule has 2 amide bonds. The predicted molar refractivity (Wildman–Crippen MR) is 127 cm³/mol. The van der Waals surface area contributed by atoms with E-state index in [4.69, 9.17) is 4.74 Å². The maximum absolute atomic E-state index is 13.4. The number of H-pyrrole nitrogens is 1. The fourth-order valence-electron chi connectivity index (χ4n) is 4.96. The normalized spacial score (nSPS) is 20.3. The van der Waals surface area contributed by atoms with E-state index in [1.165, 1.54) is 0 Å². The van der Waals surface area contributed by atoms with E-state index < -0.39 is 28.7 Å². The third kappa shape index (κ3) is 5.19. The molecule has 1 aliphatic carbocycles. The molecule has 4 N–H and O–H groups in total. The summed E-state index contributed by atoms with van der Waals surface area (Å²) in [5.41, 5.74) is 0.630. The quantitative estimate of drug-likeness (QED) is 0.377. The first kappa shape index (κ1) is 23.6. The highest BCUT2D eigenvalue weighted by atomic mass is 32.1. The first-order valence-electron chi connectivity index (χ1n) is 11.6. The van der Waals surface area contributed by atoms with Crippen molar-refractivity contribution in [3.05, 3.63) is 36.0 Å². The van der Waals surface area contributed by atoms with Crippen molar-refractivity contribution < 1.29 is 24.2 Å². The van der Waals surface area contributed by atoms with Crippen molar-refractivity contribution in [3.63, 3.8) is 0 Å². The molecule has 8 nitrogen and oxygen atoms in total. The van der Waals surface area contributed by atoms with Crippen molar-refractivity contribution in [1.82, 2.24) is 15.6 Å². The summed E-state index contributed by atoms with van der Waals surface area (Å²) in [4.78, 5) is 41.5. The van der Waals surface area contributed by atoms with Crippen LogP contribution in [0.4, 0.5) is 0 Å². The summed E-state index contributed by atoms with van der Waals surface area (Å²) in [6.45, 7) is 1.21. The van der Waals surface area contributed by atoms with E-state index in [0.29, 0.717) is 26.1 Å². The zero-order chi connectivity index (χ0) is 23.4. The molecule has 178 valence electrons. The fourth-order valence-corrected chi connectivity index (χ4v) is 5.32. The van der Waals surface area contributed by atoms with Gasteiger partial charge in [-0.2, -0.15) is 12.6 Å². The van der Waals surface area contributed by atoms with Crippen LogP contribution in [0.2, 0.25) is 0 Å². The van der Waals surface area contributed by atoms with E-state index in [0.717, 1.165) is 42.1 Å². The Hall–Kier alpha value is -2.52. The molecule has 1 saturated carbocycles. The first-order valence-corrected chi connectivity index (χ1v) is 12.1. The summed E-state index contributed by atoms with van der Waals surface area (Å²) in [6, 6.07) is 6.53. The van der Waals surface area contributed by atoms with E-state index in [1.807, 2.05) is 24.3 Å². The van der Waals surface area contributed by atoms with Crippen LogP contribution in [0.25, 0.3) is 10.9 Å². The van der Waals surface area contributed by atoms with Crippen LogP contribution in [-0.4, -0.2) is 57.9 Å². The molecule has 2 atom stereocenters. The molecular weight excluding hydrogens is 442 g/mol. The monoisotopic (exact) mass is 473 g/mol. The Morgan fingerprint density at radius 3 is 2.58 bits per heavy atom. The Morgan fingerprint density at radius 2 is 1.88 bits per heavy atom. The molecule has 0 bridgehead atoms. The van der Waals surface area contributed by atoms with Crippen LogP contribution < -0.4 is 10.6 Å². The van der Waals surface area contributed by atoms with Crippen molar-refractivity contribution in [3.8, 4) is 0 Å². The number of benzene rings is 1. The van der Waals surface area contributed by atoms with Crippen LogP contribution in [0.15, 0.2) is 30.5 Å². The van der Waals surface area contributed by atoms with Gasteiger partial charge in [-0.3, -0.25) is 9.59 Å². The molecule has 0 radical (unpaired) electrons. The Balaban J connectivity index is 1.46. The number of para-hydroxylation sites is 1. The van der Waals surface area contributed by atoms with Crippen molar-refractivity contribution >= 4 is 41.3 Å². The first-order chi connectivity index (χ1) is 15.9. The Labute approximate surface area is 198 Å². The van der Waals surface area contributed by atoms with Gasteiger partial charge in [-0.1, -0.05) is 31.0 Å². The van der Waals surface area contributed by atoms with Gasteiger partial charge in [-0.15, -0.1) is 0 Å². The second kappa shape index (κ2) is 10.2. The third-order valence-electron chi connectivity index (χ3n) is 6.94. The van der Waals surface area contributed by atoms with E-state index in [-0.39, 0.29) is 18.2 Å². The van der Waals surface area contributed by atoms with Crippen molar-refractivity contribution in [1.29, 1.82) is 0 Å². The summed E-state index contributed by atoms with van der Waals surface area (Å²) in [7, 11) is 0. The number of carboxylic acids is 1. The van der Waals surface area contributed by atoms with Crippen molar-refractivity contribution in [2.75, 3.05) is 13.2 Å². The number of carbonyl (C=O) groups is 3. The van der Waals surface area contributed by atoms with Gasteiger partial charge in [-0.25, -0.2) is 4.79 Å². The Morgan fingerprint density at radius 1 is 1.18 bits per heavy atom. The molecule has 2 heterocycles. The summed E-state index contributed by atoms with van der Waals surface area (Å²) < 4.78 is 5.37. The number of carboxylic acid groups (broad SMARTS) is 1. The molecule has 1 unspecified atom stereocenters. The van der Waals surface area contributed by atoms with Crippen molar-refractivity contribution in [2.24, 2.45) is 5.92 Å². The number of ether oxygens (including phenoxy) is 1. The van der Waals surface area contributed by atoms with Gasteiger partial charge < -0.3 is 25.5 Å². The third-order valence-corrected chi connectivity index (χ3v) is 7.59. The zero-order valence-electron chi connectivity index (χ0n) is 18.5. The molecule has 1 aromatic carbocycles. The smallest absolute Gasteiger partial charge is 0.326 e. The van der Waals surface area contributed by atoms with Crippen molar-refractivity contribution in [2.45, 2.75) is 61.8 Å². The molecule has 9 heteroatoms. The Bertz CT molecular complexity index is 1010. The second-order valence-corrected chi connectivity index (χ2v) is 9.66. The number of fused-ring (bicyclic) bond motifs is 1. The lowest BCUT2D eigenvalue weighted by Gasteiger charge is -2.33. The van der Waals surface area contributed by atoms with Crippen LogP contribution in [0.1, 0.15) is 44.1 Å². The lowest BCUT2D eigenvalue weighted by Crippen LogP contribution is -2.61. The van der Waals surface area contributed by atoms with Gasteiger partial charge in [0, 0.05) is 36.7 Å². The lowest BCUT2D eigenvalue weighted by atomic mass is 9.92. The van der Waals surface area contributed by atoms with E-state index in [2.05, 4.69) is 28.2 Å². The fraction of sp³-hybridized carbons (Fsp3) is 0.542. The summed E-state index contributed by atoms with van der Waals surface area (Å²) in [6.07, 6.45) is 5.99. The average molecular weight is 474 g/mol. The van der Waals surface area contributed by atoms with Gasteiger partial charge in [0.15, 0.2) is 0 Å². The molecule has 2 aliphatic rings. The summed E-state index contributed by atoms with van der Waals surface area (Å²) in [5, 5.41) is 15.9. The van der Waals surface area contributed by atoms with Gasteiger partial charge in [0.25, 0.3) is 0 Å². The number of hydrogen-bond donors (Lipinski definition) is 5. The van der Waals surface area contributed by atoms with Crippen LogP contribution >= 0.6 is 12.6 Å². The minimum atomic E-state index is -1.11. The van der Waals surface area contributed by atoms with Gasteiger partial charge >= 0.3 is 5.97 Å². The van der Waals surface area contributed by atoms with E-state index >= 15 is 0 Å². The highest BCUT2D eigenvalue weighted by Crippen LogP contribution is 2.32. The van der Waals surface area contributed by atoms with Crippen LogP contribution in [0, 0.1) is 5.92 Å². The van der Waals surface area contributed by atoms with E-state index in [9.17, 15) is 19.5 Å². The number of thiol groups is 1. The minimum Gasteiger partial charge on any atom is -0.480 e. The maximum Gasteiger partial charge on any atom is 0.326 e. The highest BCUT2D eigenvalue weighted by molar-refractivity contribution is 7.81. The molecule has 1 saturated heterocycles. The zero-order valence-corrected chi connectivity index (χ0v) is 19.4. The number of aromatic nitrogens is 1. The number of aromatic amines is 1. The topological polar surface area (TPSA) is 121 Å². The highest BCUT2D eigenvalue weighted by Gasteiger charge is 2.45. The number of carbonyl (C=O) groups excluding carboxylic acids is 2. The van der Waals surface area contributed by atoms with Gasteiger partial charge in [-0.05, 0) is 43.2 Å². The number of aliphatic carboxylic acids is 1. The van der Waals surface area contributed by atoms with Crippen LogP contribution in [0.3, 0.4) is 0 Å². The largest absolute Gasteiger partial charge is 0.480 e.